The van der Waals surface area contributed by atoms with Crippen LogP contribution in [0.25, 0.3) is 6.08 Å². The van der Waals surface area contributed by atoms with Crippen molar-refractivity contribution in [3.63, 3.8) is 0 Å². The maximum absolute atomic E-state index is 11.8. The van der Waals surface area contributed by atoms with Crippen molar-refractivity contribution in [2.45, 2.75) is 20.3 Å². The van der Waals surface area contributed by atoms with Crippen molar-refractivity contribution in [3.8, 4) is 5.75 Å². The Bertz CT molecular complexity index is 749. The number of carbonyl (C=O) groups excluding carboxylic acids is 2. The van der Waals surface area contributed by atoms with Gasteiger partial charge >= 0.3 is 5.97 Å². The molecule has 0 aliphatic rings. The van der Waals surface area contributed by atoms with Gasteiger partial charge in [-0.2, -0.15) is 0 Å². The summed E-state index contributed by atoms with van der Waals surface area (Å²) in [5.74, 6) is -0.178. The highest BCUT2D eigenvalue weighted by atomic mass is 16.5. The van der Waals surface area contributed by atoms with Crippen LogP contribution < -0.4 is 10.1 Å². The molecule has 136 valence electrons. The summed E-state index contributed by atoms with van der Waals surface area (Å²) in [6.45, 7) is 4.25. The van der Waals surface area contributed by atoms with Crippen molar-refractivity contribution >= 4 is 23.6 Å². The molecule has 0 unspecified atom stereocenters. The third-order valence-electron chi connectivity index (χ3n) is 3.59. The predicted molar refractivity (Wildman–Crippen MR) is 102 cm³/mol. The zero-order valence-electron chi connectivity index (χ0n) is 15.0. The minimum atomic E-state index is -0.574. The fraction of sp³-hybridized carbons (Fsp3) is 0.238. The number of amides is 1. The minimum Gasteiger partial charge on any atom is -0.494 e. The number of nitrogens with one attached hydrogen (secondary N) is 1. The van der Waals surface area contributed by atoms with Gasteiger partial charge in [-0.05, 0) is 54.8 Å². The van der Waals surface area contributed by atoms with Crippen LogP contribution in [0.4, 0.5) is 5.69 Å². The van der Waals surface area contributed by atoms with Gasteiger partial charge in [0.1, 0.15) is 5.75 Å². The highest BCUT2D eigenvalue weighted by Gasteiger charge is 2.05. The van der Waals surface area contributed by atoms with E-state index in [9.17, 15) is 9.59 Å². The molecule has 0 bridgehead atoms. The van der Waals surface area contributed by atoms with Gasteiger partial charge in [0.2, 0.25) is 0 Å². The topological polar surface area (TPSA) is 64.6 Å². The van der Waals surface area contributed by atoms with Gasteiger partial charge in [0.05, 0.1) is 6.61 Å². The Labute approximate surface area is 153 Å². The first-order chi connectivity index (χ1) is 12.6. The molecule has 5 heteroatoms. The Kier molecular flexibility index (Phi) is 7.43. The molecule has 0 saturated heterocycles. The smallest absolute Gasteiger partial charge is 0.331 e. The Morgan fingerprint density at radius 1 is 1.00 bits per heavy atom. The van der Waals surface area contributed by atoms with Gasteiger partial charge in [0, 0.05) is 11.8 Å². The lowest BCUT2D eigenvalue weighted by atomic mass is 10.1. The largest absolute Gasteiger partial charge is 0.494 e. The number of carbonyl (C=O) groups is 2. The number of hydrogen-bond acceptors (Lipinski definition) is 4. The van der Waals surface area contributed by atoms with Gasteiger partial charge in [0.25, 0.3) is 5.91 Å². The monoisotopic (exact) mass is 353 g/mol. The van der Waals surface area contributed by atoms with Gasteiger partial charge in [0.15, 0.2) is 6.61 Å². The van der Waals surface area contributed by atoms with Crippen LogP contribution in [-0.4, -0.2) is 25.1 Å². The summed E-state index contributed by atoms with van der Waals surface area (Å²) in [4.78, 5) is 23.5. The number of benzene rings is 2. The van der Waals surface area contributed by atoms with E-state index in [1.165, 1.54) is 11.6 Å². The normalized spacial score (nSPS) is 10.5. The molecule has 0 radical (unpaired) electrons. The highest BCUT2D eigenvalue weighted by molar-refractivity contribution is 5.94. The fourth-order valence-electron chi connectivity index (χ4n) is 2.21. The summed E-state index contributed by atoms with van der Waals surface area (Å²) in [5, 5.41) is 2.69. The molecule has 0 spiro atoms. The van der Waals surface area contributed by atoms with Crippen LogP contribution in [0, 0.1) is 0 Å². The van der Waals surface area contributed by atoms with E-state index >= 15 is 0 Å². The maximum atomic E-state index is 11.8. The zero-order valence-corrected chi connectivity index (χ0v) is 15.0. The van der Waals surface area contributed by atoms with Gasteiger partial charge in [-0.3, -0.25) is 4.79 Å². The number of hydrogen-bond donors (Lipinski definition) is 1. The number of ether oxygens (including phenoxy) is 2. The fourth-order valence-corrected chi connectivity index (χ4v) is 2.21. The van der Waals surface area contributed by atoms with Crippen LogP contribution in [0.5, 0.6) is 5.75 Å². The lowest BCUT2D eigenvalue weighted by Crippen LogP contribution is -2.20. The summed E-state index contributed by atoms with van der Waals surface area (Å²) >= 11 is 0. The Morgan fingerprint density at radius 3 is 2.31 bits per heavy atom. The van der Waals surface area contributed by atoms with Crippen LogP contribution in [-0.2, 0) is 20.7 Å². The van der Waals surface area contributed by atoms with Gasteiger partial charge < -0.3 is 14.8 Å². The van der Waals surface area contributed by atoms with Gasteiger partial charge in [-0.1, -0.05) is 31.2 Å². The molecule has 1 N–H and O–H groups in total. The summed E-state index contributed by atoms with van der Waals surface area (Å²) < 4.78 is 10.3. The average Bonchev–Trinajstić information content (AvgIpc) is 2.66. The van der Waals surface area contributed by atoms with E-state index in [1.807, 2.05) is 55.5 Å². The van der Waals surface area contributed by atoms with E-state index in [0.29, 0.717) is 12.3 Å². The molecular weight excluding hydrogens is 330 g/mol. The molecule has 26 heavy (non-hydrogen) atoms. The Morgan fingerprint density at radius 2 is 1.69 bits per heavy atom. The van der Waals surface area contributed by atoms with Crippen LogP contribution in [0.15, 0.2) is 54.6 Å². The van der Waals surface area contributed by atoms with Crippen LogP contribution in [0.2, 0.25) is 0 Å². The third kappa shape index (κ3) is 6.43. The first-order valence-electron chi connectivity index (χ1n) is 8.57. The first kappa shape index (κ1) is 19.2. The number of rotatable bonds is 8. The summed E-state index contributed by atoms with van der Waals surface area (Å²) in [6.07, 6.45) is 3.85. The molecule has 0 atom stereocenters. The summed E-state index contributed by atoms with van der Waals surface area (Å²) in [6, 6.07) is 14.9. The molecule has 0 aliphatic heterocycles. The number of anilines is 1. The molecule has 2 aromatic rings. The molecule has 5 nitrogen and oxygen atoms in total. The Balaban J connectivity index is 1.77. The number of aryl methyl sites for hydroxylation is 1. The molecule has 0 fully saturated rings. The van der Waals surface area contributed by atoms with Crippen LogP contribution >= 0.6 is 0 Å². The van der Waals surface area contributed by atoms with Gasteiger partial charge in [-0.25, -0.2) is 4.79 Å². The molecule has 0 aromatic heterocycles. The third-order valence-corrected chi connectivity index (χ3v) is 3.59. The van der Waals surface area contributed by atoms with Crippen molar-refractivity contribution in [3.05, 3.63) is 65.7 Å². The van der Waals surface area contributed by atoms with Crippen molar-refractivity contribution < 1.29 is 19.1 Å². The molecule has 0 saturated carbocycles. The first-order valence-corrected chi connectivity index (χ1v) is 8.57. The maximum Gasteiger partial charge on any atom is 0.331 e. The molecule has 1 amide bonds. The second-order valence-corrected chi connectivity index (χ2v) is 5.54. The average molecular weight is 353 g/mol. The van der Waals surface area contributed by atoms with E-state index in [2.05, 4.69) is 12.2 Å². The van der Waals surface area contributed by atoms with E-state index in [1.54, 1.807) is 6.08 Å². The lowest BCUT2D eigenvalue weighted by molar-refractivity contribution is -0.142. The second kappa shape index (κ2) is 10.0. The molecule has 2 rings (SSSR count). The highest BCUT2D eigenvalue weighted by Crippen LogP contribution is 2.13. The van der Waals surface area contributed by atoms with E-state index in [4.69, 9.17) is 9.47 Å². The quantitative estimate of drug-likeness (QED) is 0.578. The number of esters is 1. The minimum absolute atomic E-state index is 0.331. The molecule has 2 aromatic carbocycles. The zero-order chi connectivity index (χ0) is 18.8. The lowest BCUT2D eigenvalue weighted by Gasteiger charge is -2.06. The predicted octanol–water partition coefficient (Wildman–Crippen LogP) is 3.84. The van der Waals surface area contributed by atoms with Crippen molar-refractivity contribution in [1.29, 1.82) is 0 Å². The van der Waals surface area contributed by atoms with Crippen molar-refractivity contribution in [1.82, 2.24) is 0 Å². The molecular formula is C21H23NO4. The van der Waals surface area contributed by atoms with E-state index in [-0.39, 0.29) is 12.5 Å². The summed E-state index contributed by atoms with van der Waals surface area (Å²) in [5.41, 5.74) is 2.70. The second-order valence-electron chi connectivity index (χ2n) is 5.54. The van der Waals surface area contributed by atoms with Gasteiger partial charge in [-0.15, -0.1) is 0 Å². The van der Waals surface area contributed by atoms with E-state index < -0.39 is 5.97 Å². The van der Waals surface area contributed by atoms with Crippen LogP contribution in [0.1, 0.15) is 25.0 Å². The summed E-state index contributed by atoms with van der Waals surface area (Å²) in [7, 11) is 0. The van der Waals surface area contributed by atoms with Crippen molar-refractivity contribution in [2.24, 2.45) is 0 Å². The van der Waals surface area contributed by atoms with Crippen LogP contribution in [0.3, 0.4) is 0 Å². The Hall–Kier alpha value is -3.08. The molecule has 0 aliphatic carbocycles. The SMILES string of the molecule is CCOc1ccc(C=CC(=O)OCC(=O)Nc2ccc(CC)cc2)cc1. The van der Waals surface area contributed by atoms with Crippen molar-refractivity contribution in [2.75, 3.05) is 18.5 Å². The standard InChI is InChI=1S/C21H23NO4/c1-3-16-5-10-18(11-6-16)22-20(23)15-26-21(24)14-9-17-7-12-19(13-8-17)25-4-2/h5-14H,3-4,15H2,1-2H3,(H,22,23). The molecule has 0 heterocycles. The van der Waals surface area contributed by atoms with E-state index in [0.717, 1.165) is 17.7 Å².